The summed E-state index contributed by atoms with van der Waals surface area (Å²) in [6, 6.07) is 14.0. The highest BCUT2D eigenvalue weighted by atomic mass is 35.5. The number of piperazine rings is 1. The number of furan rings is 1. The number of esters is 1. The summed E-state index contributed by atoms with van der Waals surface area (Å²) in [7, 11) is 0. The molecule has 170 valence electrons. The number of rotatable bonds is 3. The molecule has 0 unspecified atom stereocenters. The number of ether oxygens (including phenoxy) is 1. The highest BCUT2D eigenvalue weighted by molar-refractivity contribution is 6.15. The Balaban J connectivity index is 0.00000259. The van der Waals surface area contributed by atoms with Crippen molar-refractivity contribution in [2.75, 3.05) is 31.5 Å². The van der Waals surface area contributed by atoms with E-state index in [-0.39, 0.29) is 29.6 Å². The number of hydrogen-bond acceptors (Lipinski definition) is 6. The van der Waals surface area contributed by atoms with Gasteiger partial charge < -0.3 is 24.3 Å². The molecule has 1 saturated heterocycles. The van der Waals surface area contributed by atoms with Crippen LogP contribution in [0.3, 0.4) is 0 Å². The fourth-order valence-electron chi connectivity index (χ4n) is 3.71. The number of halogens is 2. The molecule has 2 N–H and O–H groups in total. The van der Waals surface area contributed by atoms with Crippen LogP contribution in [0.2, 0.25) is 0 Å². The lowest BCUT2D eigenvalue weighted by atomic mass is 10.1. The first kappa shape index (κ1) is 22.3. The zero-order valence-electron chi connectivity index (χ0n) is 17.5. The molecule has 2 aliphatic heterocycles. The van der Waals surface area contributed by atoms with Gasteiger partial charge in [0.25, 0.3) is 0 Å². The average Bonchev–Trinajstić information content (AvgIpc) is 3.43. The molecule has 0 amide bonds. The molecule has 3 aromatic rings. The second-order valence-corrected chi connectivity index (χ2v) is 7.44. The molecule has 0 radical (unpaired) electrons. The number of cyclic esters (lactones) is 1. The Morgan fingerprint density at radius 1 is 1.09 bits per heavy atom. The van der Waals surface area contributed by atoms with Crippen molar-refractivity contribution in [2.45, 2.75) is 0 Å². The summed E-state index contributed by atoms with van der Waals surface area (Å²) in [4.78, 5) is 20.6. The molecule has 5 rings (SSSR count). The zero-order valence-corrected chi connectivity index (χ0v) is 18.3. The average molecular weight is 470 g/mol. The molecule has 0 aliphatic carbocycles. The Morgan fingerprint density at radius 2 is 1.85 bits per heavy atom. The van der Waals surface area contributed by atoms with Crippen molar-refractivity contribution in [1.29, 1.82) is 5.41 Å². The summed E-state index contributed by atoms with van der Waals surface area (Å²) in [5, 5.41) is 11.9. The molecule has 0 saturated carbocycles. The molecule has 2 aromatic carbocycles. The number of guanidine groups is 1. The van der Waals surface area contributed by atoms with Crippen LogP contribution in [0, 0.1) is 11.2 Å². The minimum Gasteiger partial charge on any atom is -0.461 e. The van der Waals surface area contributed by atoms with Gasteiger partial charge in [0.2, 0.25) is 5.90 Å². The second kappa shape index (κ2) is 9.33. The summed E-state index contributed by atoms with van der Waals surface area (Å²) in [5.74, 6) is -0.578. The fourth-order valence-corrected chi connectivity index (χ4v) is 3.71. The van der Waals surface area contributed by atoms with E-state index in [1.807, 2.05) is 40.1 Å². The number of anilines is 1. The number of carbonyl (C=O) groups is 1. The Kier molecular flexibility index (Phi) is 6.32. The van der Waals surface area contributed by atoms with Gasteiger partial charge >= 0.3 is 5.97 Å². The molecule has 3 heterocycles. The topological polar surface area (TPSA) is 94.2 Å². The van der Waals surface area contributed by atoms with Crippen molar-refractivity contribution in [3.05, 3.63) is 78.1 Å². The van der Waals surface area contributed by atoms with Crippen molar-refractivity contribution in [3.8, 4) is 0 Å². The first-order chi connectivity index (χ1) is 15.6. The van der Waals surface area contributed by atoms with Gasteiger partial charge in [-0.05, 0) is 30.3 Å². The van der Waals surface area contributed by atoms with E-state index < -0.39 is 11.8 Å². The number of fused-ring (bicyclic) bond motifs is 1. The van der Waals surface area contributed by atoms with Crippen LogP contribution in [-0.2, 0) is 9.53 Å². The van der Waals surface area contributed by atoms with Crippen LogP contribution in [0.15, 0.2) is 76.1 Å². The summed E-state index contributed by atoms with van der Waals surface area (Å²) in [6.07, 6.45) is 3.06. The third kappa shape index (κ3) is 4.54. The standard InChI is InChI=1S/C23H20FN5O3.ClH/c24-18-7-6-17(16-8-13-31-20(16)18)21-27-19(22(30)32-21)14-28-9-11-29(12-10-28)23(25)26-15-4-2-1-3-5-15;/h1-8,13-14H,9-12H2,(H2,25,26);1H/b19-14+;. The van der Waals surface area contributed by atoms with Gasteiger partial charge in [0, 0.05) is 49.0 Å². The van der Waals surface area contributed by atoms with Gasteiger partial charge in [0.05, 0.1) is 6.26 Å². The van der Waals surface area contributed by atoms with Gasteiger partial charge in [-0.1, -0.05) is 18.2 Å². The molecule has 0 bridgehead atoms. The number of nitrogens with zero attached hydrogens (tertiary/aromatic N) is 3. The minimum absolute atomic E-state index is 0. The van der Waals surface area contributed by atoms with Crippen LogP contribution >= 0.6 is 12.4 Å². The van der Waals surface area contributed by atoms with Gasteiger partial charge in [0.15, 0.2) is 23.1 Å². The van der Waals surface area contributed by atoms with Gasteiger partial charge in [-0.25, -0.2) is 14.2 Å². The predicted octanol–water partition coefficient (Wildman–Crippen LogP) is 3.80. The van der Waals surface area contributed by atoms with Gasteiger partial charge in [-0.15, -0.1) is 12.4 Å². The van der Waals surface area contributed by atoms with Crippen LogP contribution in [0.1, 0.15) is 5.56 Å². The van der Waals surface area contributed by atoms with E-state index in [9.17, 15) is 9.18 Å². The van der Waals surface area contributed by atoms with Crippen molar-refractivity contribution in [1.82, 2.24) is 9.80 Å². The van der Waals surface area contributed by atoms with Crippen molar-refractivity contribution >= 4 is 46.9 Å². The monoisotopic (exact) mass is 469 g/mol. The van der Waals surface area contributed by atoms with Gasteiger partial charge in [-0.3, -0.25) is 5.41 Å². The maximum Gasteiger partial charge on any atom is 0.365 e. The molecule has 0 atom stereocenters. The molecule has 2 aliphatic rings. The van der Waals surface area contributed by atoms with Crippen molar-refractivity contribution in [2.24, 2.45) is 4.99 Å². The Morgan fingerprint density at radius 3 is 2.61 bits per heavy atom. The molecule has 0 spiro atoms. The fraction of sp³-hybridized carbons (Fsp3) is 0.174. The molecule has 10 heteroatoms. The van der Waals surface area contributed by atoms with Crippen LogP contribution in [0.4, 0.5) is 10.1 Å². The van der Waals surface area contributed by atoms with Crippen LogP contribution in [-0.4, -0.2) is 53.8 Å². The SMILES string of the molecule is Cl.N=C(Nc1ccccc1)N1CCN(/C=C2/N=C(c3ccc(F)c4occc34)OC2=O)CC1. The first-order valence-electron chi connectivity index (χ1n) is 10.2. The normalized spacial score (nSPS) is 17.1. The highest BCUT2D eigenvalue weighted by Gasteiger charge is 2.28. The van der Waals surface area contributed by atoms with Gasteiger partial charge in [0.1, 0.15) is 0 Å². The quantitative estimate of drug-likeness (QED) is 0.262. The summed E-state index contributed by atoms with van der Waals surface area (Å²) >= 11 is 0. The second-order valence-electron chi connectivity index (χ2n) is 7.44. The number of nitrogens with one attached hydrogen (secondary N) is 2. The first-order valence-corrected chi connectivity index (χ1v) is 10.2. The van der Waals surface area contributed by atoms with E-state index in [0.717, 1.165) is 5.69 Å². The van der Waals surface area contributed by atoms with E-state index in [0.29, 0.717) is 43.1 Å². The maximum absolute atomic E-state index is 13.9. The predicted molar refractivity (Wildman–Crippen MR) is 125 cm³/mol. The molecule has 1 fully saturated rings. The van der Waals surface area contributed by atoms with Crippen LogP contribution < -0.4 is 5.32 Å². The van der Waals surface area contributed by atoms with E-state index in [1.54, 1.807) is 12.3 Å². The van der Waals surface area contributed by atoms with Crippen LogP contribution in [0.5, 0.6) is 0 Å². The zero-order chi connectivity index (χ0) is 22.1. The smallest absolute Gasteiger partial charge is 0.365 e. The number of carbonyl (C=O) groups excluding carboxylic acids is 1. The molecular weight excluding hydrogens is 449 g/mol. The number of para-hydroxylation sites is 1. The lowest BCUT2D eigenvalue weighted by molar-refractivity contribution is -0.130. The highest BCUT2D eigenvalue weighted by Crippen LogP contribution is 2.27. The molecular formula is C23H21ClFN5O3. The number of hydrogen-bond donors (Lipinski definition) is 2. The third-order valence-electron chi connectivity index (χ3n) is 5.39. The van der Waals surface area contributed by atoms with E-state index in [1.165, 1.54) is 18.4 Å². The summed E-state index contributed by atoms with van der Waals surface area (Å²) in [5.41, 5.74) is 1.65. The maximum atomic E-state index is 13.9. The van der Waals surface area contributed by atoms with Crippen molar-refractivity contribution < 1.29 is 18.3 Å². The third-order valence-corrected chi connectivity index (χ3v) is 5.39. The van der Waals surface area contributed by atoms with E-state index in [4.69, 9.17) is 14.6 Å². The Labute approximate surface area is 195 Å². The Bertz CT molecular complexity index is 1250. The van der Waals surface area contributed by atoms with Crippen LogP contribution in [0.25, 0.3) is 11.0 Å². The lowest BCUT2D eigenvalue weighted by Gasteiger charge is -2.35. The summed E-state index contributed by atoms with van der Waals surface area (Å²) < 4.78 is 24.4. The summed E-state index contributed by atoms with van der Waals surface area (Å²) in [6.45, 7) is 2.51. The number of benzene rings is 2. The minimum atomic E-state index is -0.554. The Hall–Kier alpha value is -3.85. The van der Waals surface area contributed by atoms with Crippen molar-refractivity contribution in [3.63, 3.8) is 0 Å². The number of aliphatic imine (C=N–C) groups is 1. The molecule has 33 heavy (non-hydrogen) atoms. The van der Waals surface area contributed by atoms with Gasteiger partial charge in [-0.2, -0.15) is 0 Å². The van der Waals surface area contributed by atoms with E-state index >= 15 is 0 Å². The van der Waals surface area contributed by atoms with E-state index in [2.05, 4.69) is 10.3 Å². The lowest BCUT2D eigenvalue weighted by Crippen LogP contribution is -2.48. The largest absolute Gasteiger partial charge is 0.461 e. The molecule has 8 nitrogen and oxygen atoms in total. The molecule has 1 aromatic heterocycles.